The maximum Gasteiger partial charge on any atom is 0.319 e. The van der Waals surface area contributed by atoms with Crippen molar-refractivity contribution in [2.75, 3.05) is 36.5 Å². The van der Waals surface area contributed by atoms with Gasteiger partial charge in [0.25, 0.3) is 0 Å². The van der Waals surface area contributed by atoms with E-state index in [9.17, 15) is 13.2 Å². The lowest BCUT2D eigenvalue weighted by atomic mass is 10.1. The summed E-state index contributed by atoms with van der Waals surface area (Å²) in [6, 6.07) is 7.21. The van der Waals surface area contributed by atoms with Gasteiger partial charge in [0.05, 0.1) is 36.7 Å². The smallest absolute Gasteiger partial charge is 0.319 e. The number of amides is 2. The third kappa shape index (κ3) is 4.47. The molecule has 2 N–H and O–H groups in total. The lowest BCUT2D eigenvalue weighted by molar-refractivity contribution is 0.0984. The number of carbonyl (C=O) groups is 1. The Kier molecular flexibility index (Phi) is 6.17. The van der Waals surface area contributed by atoms with Crippen molar-refractivity contribution in [1.29, 1.82) is 0 Å². The predicted octanol–water partition coefficient (Wildman–Crippen LogP) is 2.32. The second-order valence-electron chi connectivity index (χ2n) is 8.99. The Morgan fingerprint density at radius 1 is 1.18 bits per heavy atom. The normalized spacial score (nSPS) is 20.8. The van der Waals surface area contributed by atoms with Crippen LogP contribution in [-0.4, -0.2) is 66.3 Å². The number of nitrogens with zero attached hydrogens (tertiary/aromatic N) is 4. The number of nitrogens with one attached hydrogen (secondary N) is 2. The second-order valence-corrected chi connectivity index (χ2v) is 11.2. The van der Waals surface area contributed by atoms with Gasteiger partial charge in [-0.25, -0.2) is 23.2 Å². The highest BCUT2D eigenvalue weighted by atomic mass is 32.2. The van der Waals surface area contributed by atoms with Crippen molar-refractivity contribution in [2.45, 2.75) is 51.1 Å². The van der Waals surface area contributed by atoms with Crippen LogP contribution in [0.1, 0.15) is 37.9 Å². The largest absolute Gasteiger partial charge is 0.377 e. The molecule has 10 nitrogen and oxygen atoms in total. The van der Waals surface area contributed by atoms with Gasteiger partial charge in [0.2, 0.25) is 10.0 Å². The summed E-state index contributed by atoms with van der Waals surface area (Å²) in [5.74, 6) is 1.33. The fourth-order valence-corrected chi connectivity index (χ4v) is 6.18. The lowest BCUT2D eigenvalue weighted by Gasteiger charge is -2.35. The minimum atomic E-state index is -3.32. The van der Waals surface area contributed by atoms with Gasteiger partial charge in [0, 0.05) is 36.4 Å². The Labute approximate surface area is 199 Å². The molecule has 2 amide bonds. The Hall–Kier alpha value is -2.76. The van der Waals surface area contributed by atoms with Crippen LogP contribution < -0.4 is 15.5 Å². The van der Waals surface area contributed by atoms with E-state index in [0.29, 0.717) is 44.4 Å². The van der Waals surface area contributed by atoms with Gasteiger partial charge in [-0.1, -0.05) is 0 Å². The van der Waals surface area contributed by atoms with E-state index in [0.717, 1.165) is 35.5 Å². The molecule has 2 aromatic rings. The molecule has 0 unspecified atom stereocenters. The summed E-state index contributed by atoms with van der Waals surface area (Å²) in [7, 11) is -3.32. The SMILES string of the molecule is CCNC(=O)Nc1ccc(-c2nc3c(c(N4CCOC[C@@H]4C)n2)CN(S(=O)(=O)C2CC2)C3)cc1. The topological polar surface area (TPSA) is 117 Å². The monoisotopic (exact) mass is 486 g/mol. The number of rotatable bonds is 6. The zero-order valence-corrected chi connectivity index (χ0v) is 20.3. The number of anilines is 2. The van der Waals surface area contributed by atoms with E-state index < -0.39 is 10.0 Å². The molecule has 1 aromatic carbocycles. The molecule has 34 heavy (non-hydrogen) atoms. The number of carbonyl (C=O) groups excluding carboxylic acids is 1. The fraction of sp³-hybridized carbons (Fsp3) is 0.522. The molecule has 1 atom stereocenters. The van der Waals surface area contributed by atoms with E-state index in [1.54, 1.807) is 4.31 Å². The molecule has 2 fully saturated rings. The van der Waals surface area contributed by atoms with Crippen molar-refractivity contribution in [1.82, 2.24) is 19.6 Å². The van der Waals surface area contributed by atoms with Gasteiger partial charge in [0.15, 0.2) is 5.82 Å². The van der Waals surface area contributed by atoms with Crippen molar-refractivity contribution in [3.63, 3.8) is 0 Å². The number of hydrogen-bond acceptors (Lipinski definition) is 7. The molecule has 3 aliphatic rings. The molecule has 1 aromatic heterocycles. The molecule has 1 saturated heterocycles. The summed E-state index contributed by atoms with van der Waals surface area (Å²) in [6.07, 6.45) is 1.46. The average Bonchev–Trinajstić information content (AvgIpc) is 3.59. The second kappa shape index (κ2) is 9.12. The lowest BCUT2D eigenvalue weighted by Crippen LogP contribution is -2.44. The number of urea groups is 1. The molecule has 0 radical (unpaired) electrons. The Balaban J connectivity index is 1.48. The van der Waals surface area contributed by atoms with Gasteiger partial charge >= 0.3 is 6.03 Å². The van der Waals surface area contributed by atoms with E-state index >= 15 is 0 Å². The summed E-state index contributed by atoms with van der Waals surface area (Å²) in [4.78, 5) is 23.7. The van der Waals surface area contributed by atoms with Crippen LogP contribution in [0.4, 0.5) is 16.3 Å². The highest BCUT2D eigenvalue weighted by Gasteiger charge is 2.43. The molecule has 5 rings (SSSR count). The number of hydrogen-bond donors (Lipinski definition) is 2. The fourth-order valence-electron chi connectivity index (χ4n) is 4.41. The number of fused-ring (bicyclic) bond motifs is 1. The molecular weight excluding hydrogens is 456 g/mol. The van der Waals surface area contributed by atoms with E-state index in [1.807, 2.05) is 31.2 Å². The maximum atomic E-state index is 12.9. The predicted molar refractivity (Wildman–Crippen MR) is 129 cm³/mol. The van der Waals surface area contributed by atoms with Crippen LogP contribution in [0.2, 0.25) is 0 Å². The van der Waals surface area contributed by atoms with Crippen molar-refractivity contribution in [2.24, 2.45) is 0 Å². The molecule has 3 heterocycles. The van der Waals surface area contributed by atoms with Crippen LogP contribution in [0.5, 0.6) is 0 Å². The summed E-state index contributed by atoms with van der Waals surface area (Å²) >= 11 is 0. The maximum absolute atomic E-state index is 12.9. The first kappa shape index (κ1) is 23.0. The van der Waals surface area contributed by atoms with Crippen molar-refractivity contribution in [3.05, 3.63) is 35.5 Å². The van der Waals surface area contributed by atoms with Crippen molar-refractivity contribution in [3.8, 4) is 11.4 Å². The standard InChI is InChI=1S/C23H30N6O4S/c1-3-24-23(30)25-17-6-4-16(5-7-17)21-26-20-13-28(34(31,32)18-8-9-18)12-19(20)22(27-21)29-10-11-33-14-15(29)2/h4-7,15,18H,3,8-14H2,1-2H3,(H2,24,25,30)/t15-/m0/s1. The minimum Gasteiger partial charge on any atom is -0.377 e. The van der Waals surface area contributed by atoms with Crippen LogP contribution >= 0.6 is 0 Å². The van der Waals surface area contributed by atoms with E-state index in [-0.39, 0.29) is 23.9 Å². The first-order chi connectivity index (χ1) is 16.4. The number of sulfonamides is 1. The van der Waals surface area contributed by atoms with Gasteiger partial charge in [-0.05, 0) is 51.0 Å². The van der Waals surface area contributed by atoms with Crippen LogP contribution in [0.25, 0.3) is 11.4 Å². The Morgan fingerprint density at radius 2 is 1.94 bits per heavy atom. The molecule has 1 aliphatic carbocycles. The average molecular weight is 487 g/mol. The highest BCUT2D eigenvalue weighted by Crippen LogP contribution is 2.39. The first-order valence-electron chi connectivity index (χ1n) is 11.7. The van der Waals surface area contributed by atoms with Gasteiger partial charge in [-0.2, -0.15) is 4.31 Å². The molecule has 0 spiro atoms. The van der Waals surface area contributed by atoms with Gasteiger partial charge in [0.1, 0.15) is 5.82 Å². The summed E-state index contributed by atoms with van der Waals surface area (Å²) in [6.45, 7) is 6.95. The van der Waals surface area contributed by atoms with Crippen LogP contribution in [0, 0.1) is 0 Å². The molecule has 11 heteroatoms. The van der Waals surface area contributed by atoms with Crippen LogP contribution in [-0.2, 0) is 27.8 Å². The zero-order chi connectivity index (χ0) is 23.9. The number of morpholine rings is 1. The molecule has 2 aliphatic heterocycles. The molecule has 1 saturated carbocycles. The number of benzene rings is 1. The van der Waals surface area contributed by atoms with Crippen LogP contribution in [0.15, 0.2) is 24.3 Å². The minimum absolute atomic E-state index is 0.123. The first-order valence-corrected chi connectivity index (χ1v) is 13.3. The van der Waals surface area contributed by atoms with Gasteiger partial charge in [-0.15, -0.1) is 0 Å². The Morgan fingerprint density at radius 3 is 2.62 bits per heavy atom. The zero-order valence-electron chi connectivity index (χ0n) is 19.5. The Bertz CT molecular complexity index is 1180. The number of ether oxygens (including phenoxy) is 1. The quantitative estimate of drug-likeness (QED) is 0.644. The third-order valence-electron chi connectivity index (χ3n) is 6.42. The van der Waals surface area contributed by atoms with Gasteiger partial charge < -0.3 is 20.3 Å². The molecular formula is C23H30N6O4S. The summed E-state index contributed by atoms with van der Waals surface area (Å²) < 4.78 is 33.1. The van der Waals surface area contributed by atoms with Gasteiger partial charge in [-0.3, -0.25) is 0 Å². The van der Waals surface area contributed by atoms with E-state index in [4.69, 9.17) is 14.7 Å². The van der Waals surface area contributed by atoms with Crippen molar-refractivity contribution < 1.29 is 17.9 Å². The third-order valence-corrected chi connectivity index (χ3v) is 8.71. The van der Waals surface area contributed by atoms with Crippen molar-refractivity contribution >= 4 is 27.6 Å². The summed E-state index contributed by atoms with van der Waals surface area (Å²) in [5.41, 5.74) is 3.11. The van der Waals surface area contributed by atoms with Crippen LogP contribution in [0.3, 0.4) is 0 Å². The molecule has 0 bridgehead atoms. The number of aromatic nitrogens is 2. The van der Waals surface area contributed by atoms with E-state index in [2.05, 4.69) is 22.5 Å². The molecule has 182 valence electrons. The van der Waals surface area contributed by atoms with E-state index in [1.165, 1.54) is 0 Å². The summed E-state index contributed by atoms with van der Waals surface area (Å²) in [5, 5.41) is 5.23. The highest BCUT2D eigenvalue weighted by molar-refractivity contribution is 7.90.